The third-order valence-electron chi connectivity index (χ3n) is 15.0. The Bertz CT molecular complexity index is 4130. The zero-order valence-corrected chi connectivity index (χ0v) is 37.7. The molecular formula is C65H40N2S. The average Bonchev–Trinajstić information content (AvgIpc) is 4.14. The summed E-state index contributed by atoms with van der Waals surface area (Å²) in [7, 11) is 0. The van der Waals surface area contributed by atoms with Crippen LogP contribution in [0.3, 0.4) is 0 Å². The highest BCUT2D eigenvalue weighted by atomic mass is 32.1. The number of thiophene rings is 1. The maximum atomic E-state index is 2.51. The lowest BCUT2D eigenvalue weighted by Crippen LogP contribution is -2.26. The zero-order valence-electron chi connectivity index (χ0n) is 36.9. The second kappa shape index (κ2) is 14.3. The van der Waals surface area contributed by atoms with Gasteiger partial charge in [0.2, 0.25) is 0 Å². The number of aromatic nitrogens is 1. The van der Waals surface area contributed by atoms with E-state index in [1.54, 1.807) is 0 Å². The first-order valence-electron chi connectivity index (χ1n) is 23.5. The molecule has 1 spiro atoms. The lowest BCUT2D eigenvalue weighted by molar-refractivity contribution is 0.793. The first-order chi connectivity index (χ1) is 33.8. The highest BCUT2D eigenvalue weighted by Gasteiger charge is 2.51. The highest BCUT2D eigenvalue weighted by Crippen LogP contribution is 2.63. The van der Waals surface area contributed by atoms with Crippen molar-refractivity contribution >= 4 is 81.1 Å². The summed E-state index contributed by atoms with van der Waals surface area (Å²) < 4.78 is 5.07. The summed E-state index contributed by atoms with van der Waals surface area (Å²) in [6.45, 7) is 0. The maximum Gasteiger partial charge on any atom is 0.0726 e. The summed E-state index contributed by atoms with van der Waals surface area (Å²) >= 11 is 1.91. The molecule has 2 aromatic heterocycles. The summed E-state index contributed by atoms with van der Waals surface area (Å²) in [5.74, 6) is 0. The SMILES string of the molecule is c1ccc(-c2ccc(N(c3ccc4c(c3)C3(c5ccccc5-c5ccccc53)c3ccccc3-4)c3ccc4sc5c(c4c3)c3ccccc3c3c4ccccc4n(-c4ccccc4)c53)cc2)cc1. The van der Waals surface area contributed by atoms with Gasteiger partial charge in [0.05, 0.1) is 21.1 Å². The molecule has 0 saturated carbocycles. The lowest BCUT2D eigenvalue weighted by Gasteiger charge is -2.32. The third kappa shape index (κ3) is 5.06. The van der Waals surface area contributed by atoms with E-state index in [4.69, 9.17) is 0 Å². The normalized spacial score (nSPS) is 13.1. The van der Waals surface area contributed by atoms with Crippen LogP contribution in [0.25, 0.3) is 91.8 Å². The van der Waals surface area contributed by atoms with Gasteiger partial charge in [0.25, 0.3) is 0 Å². The number of nitrogens with zero attached hydrogens (tertiary/aromatic N) is 2. The summed E-state index contributed by atoms with van der Waals surface area (Å²) in [5.41, 5.74) is 19.5. The van der Waals surface area contributed by atoms with Gasteiger partial charge in [-0.15, -0.1) is 11.3 Å². The highest BCUT2D eigenvalue weighted by molar-refractivity contribution is 7.27. The second-order valence-electron chi connectivity index (χ2n) is 18.3. The fourth-order valence-corrected chi connectivity index (χ4v) is 13.5. The van der Waals surface area contributed by atoms with Crippen molar-refractivity contribution in [2.24, 2.45) is 0 Å². The molecule has 11 aromatic carbocycles. The fraction of sp³-hybridized carbons (Fsp3) is 0.0154. The maximum absolute atomic E-state index is 2.51. The van der Waals surface area contributed by atoms with Crippen molar-refractivity contribution in [1.29, 1.82) is 0 Å². The van der Waals surface area contributed by atoms with E-state index < -0.39 is 5.41 Å². The number of benzene rings is 11. The Morgan fingerprint density at radius 1 is 0.353 bits per heavy atom. The fourth-order valence-electron chi connectivity index (χ4n) is 12.3. The van der Waals surface area contributed by atoms with Gasteiger partial charge in [-0.2, -0.15) is 0 Å². The predicted octanol–water partition coefficient (Wildman–Crippen LogP) is 17.8. The molecule has 0 saturated heterocycles. The minimum absolute atomic E-state index is 0.451. The van der Waals surface area contributed by atoms with Crippen LogP contribution in [-0.4, -0.2) is 4.57 Å². The van der Waals surface area contributed by atoms with Crippen LogP contribution in [0.2, 0.25) is 0 Å². The van der Waals surface area contributed by atoms with E-state index in [0.717, 1.165) is 17.1 Å². The van der Waals surface area contributed by atoms with Gasteiger partial charge in [-0.25, -0.2) is 0 Å². The van der Waals surface area contributed by atoms with Gasteiger partial charge in [-0.1, -0.05) is 182 Å². The zero-order chi connectivity index (χ0) is 44.5. The number of hydrogen-bond acceptors (Lipinski definition) is 2. The Morgan fingerprint density at radius 2 is 0.853 bits per heavy atom. The quantitative estimate of drug-likeness (QED) is 0.167. The molecule has 0 aliphatic heterocycles. The molecule has 0 unspecified atom stereocenters. The number of rotatable bonds is 5. The van der Waals surface area contributed by atoms with Crippen molar-refractivity contribution in [3.8, 4) is 39.1 Å². The molecule has 13 aromatic rings. The van der Waals surface area contributed by atoms with E-state index in [1.165, 1.54) is 114 Å². The van der Waals surface area contributed by atoms with Crippen molar-refractivity contribution in [1.82, 2.24) is 4.57 Å². The smallest absolute Gasteiger partial charge is 0.0726 e. The Balaban J connectivity index is 1.01. The van der Waals surface area contributed by atoms with Crippen LogP contribution in [-0.2, 0) is 5.41 Å². The Morgan fingerprint density at radius 3 is 1.53 bits per heavy atom. The van der Waals surface area contributed by atoms with Gasteiger partial charge in [-0.3, -0.25) is 0 Å². The molecule has 316 valence electrons. The second-order valence-corrected chi connectivity index (χ2v) is 19.4. The molecule has 68 heavy (non-hydrogen) atoms. The molecule has 2 heterocycles. The van der Waals surface area contributed by atoms with Crippen molar-refractivity contribution in [3.05, 3.63) is 265 Å². The summed E-state index contributed by atoms with van der Waals surface area (Å²) in [4.78, 5) is 2.49. The molecule has 0 N–H and O–H groups in total. The first-order valence-corrected chi connectivity index (χ1v) is 24.3. The summed E-state index contributed by atoms with van der Waals surface area (Å²) in [6.07, 6.45) is 0. The average molecular weight is 881 g/mol. The molecule has 2 aliphatic carbocycles. The number of para-hydroxylation sites is 2. The monoisotopic (exact) mass is 880 g/mol. The van der Waals surface area contributed by atoms with E-state index in [1.807, 2.05) is 11.3 Å². The van der Waals surface area contributed by atoms with Gasteiger partial charge in [-0.05, 0) is 127 Å². The first kappa shape index (κ1) is 37.7. The van der Waals surface area contributed by atoms with Crippen LogP contribution in [0.4, 0.5) is 17.1 Å². The topological polar surface area (TPSA) is 8.17 Å². The van der Waals surface area contributed by atoms with Gasteiger partial charge >= 0.3 is 0 Å². The van der Waals surface area contributed by atoms with Crippen LogP contribution in [0.15, 0.2) is 243 Å². The van der Waals surface area contributed by atoms with Crippen LogP contribution in [0, 0.1) is 0 Å². The molecule has 0 amide bonds. The molecule has 15 rings (SSSR count). The molecule has 0 atom stereocenters. The standard InChI is InChI=1S/C65H40N2S/c1-3-17-41(18-4-1)42-31-33-44(34-32-42)66(46-35-37-50-49-23-11-15-29-57(49)65(58(50)40-46)55-27-13-9-21-47(55)48-22-10-14-28-56(48)65)45-36-38-60-54(39-45)62-52-25-8-7-24-51(52)61-53-26-12-16-30-59(53)67(63(61)64(62)68-60)43-19-5-2-6-20-43/h1-40H. The molecule has 2 aliphatic rings. The Kier molecular flexibility index (Phi) is 7.90. The van der Waals surface area contributed by atoms with Crippen LogP contribution >= 0.6 is 11.3 Å². The van der Waals surface area contributed by atoms with Crippen LogP contribution in [0.1, 0.15) is 22.3 Å². The molecule has 0 bridgehead atoms. The van der Waals surface area contributed by atoms with E-state index >= 15 is 0 Å². The number of fused-ring (bicyclic) bond motifs is 20. The minimum atomic E-state index is -0.451. The largest absolute Gasteiger partial charge is 0.310 e. The molecule has 3 heteroatoms. The molecular weight excluding hydrogens is 841 g/mol. The predicted molar refractivity (Wildman–Crippen MR) is 288 cm³/mol. The molecule has 0 fully saturated rings. The minimum Gasteiger partial charge on any atom is -0.310 e. The van der Waals surface area contributed by atoms with Crippen molar-refractivity contribution in [3.63, 3.8) is 0 Å². The van der Waals surface area contributed by atoms with Gasteiger partial charge in [0, 0.05) is 49.0 Å². The van der Waals surface area contributed by atoms with Gasteiger partial charge in [0.15, 0.2) is 0 Å². The van der Waals surface area contributed by atoms with Crippen molar-refractivity contribution in [2.75, 3.05) is 4.90 Å². The third-order valence-corrected chi connectivity index (χ3v) is 16.1. The summed E-state index contributed by atoms with van der Waals surface area (Å²) in [6, 6.07) is 90.4. The van der Waals surface area contributed by atoms with Gasteiger partial charge in [0.1, 0.15) is 0 Å². The Hall–Kier alpha value is -8.50. The van der Waals surface area contributed by atoms with E-state index in [0.29, 0.717) is 0 Å². The van der Waals surface area contributed by atoms with Crippen molar-refractivity contribution < 1.29 is 0 Å². The number of hydrogen-bond donors (Lipinski definition) is 0. The molecule has 0 radical (unpaired) electrons. The number of anilines is 3. The van der Waals surface area contributed by atoms with Crippen LogP contribution in [0.5, 0.6) is 0 Å². The molecule has 2 nitrogen and oxygen atoms in total. The van der Waals surface area contributed by atoms with Crippen molar-refractivity contribution in [2.45, 2.75) is 5.41 Å². The van der Waals surface area contributed by atoms with E-state index in [2.05, 4.69) is 252 Å². The van der Waals surface area contributed by atoms with E-state index in [9.17, 15) is 0 Å². The Labute approximate surface area is 397 Å². The van der Waals surface area contributed by atoms with Crippen LogP contribution < -0.4 is 4.90 Å². The lowest BCUT2D eigenvalue weighted by atomic mass is 9.70. The van der Waals surface area contributed by atoms with E-state index in [-0.39, 0.29) is 0 Å². The summed E-state index contributed by atoms with van der Waals surface area (Å²) in [5, 5.41) is 7.71. The van der Waals surface area contributed by atoms with Gasteiger partial charge < -0.3 is 9.47 Å².